The van der Waals surface area contributed by atoms with Gasteiger partial charge in [0.2, 0.25) is 5.91 Å². The molecule has 0 saturated heterocycles. The lowest BCUT2D eigenvalue weighted by atomic mass is 9.85. The highest BCUT2D eigenvalue weighted by Gasteiger charge is 2.20. The van der Waals surface area contributed by atoms with E-state index in [0.717, 1.165) is 16.9 Å². The lowest BCUT2D eigenvalue weighted by Crippen LogP contribution is -2.17. The lowest BCUT2D eigenvalue weighted by Gasteiger charge is -2.24. The fourth-order valence-corrected chi connectivity index (χ4v) is 2.07. The largest absolute Gasteiger partial charge is 0.326 e. The zero-order valence-electron chi connectivity index (χ0n) is 12.5. The van der Waals surface area contributed by atoms with E-state index in [1.165, 1.54) is 0 Å². The van der Waals surface area contributed by atoms with Gasteiger partial charge in [0, 0.05) is 24.5 Å². The van der Waals surface area contributed by atoms with Crippen LogP contribution in [0.25, 0.3) is 5.69 Å². The van der Waals surface area contributed by atoms with Crippen LogP contribution in [0.1, 0.15) is 39.7 Å². The van der Waals surface area contributed by atoms with Gasteiger partial charge in [-0.1, -0.05) is 27.7 Å². The Balaban J connectivity index is 2.46. The number of nitrogens with zero attached hydrogens (tertiary/aromatic N) is 2. The number of carbonyl (C=O) groups is 1. The number of hydrogen-bond donors (Lipinski definition) is 1. The third-order valence-electron chi connectivity index (χ3n) is 3.16. The van der Waals surface area contributed by atoms with Crippen molar-refractivity contribution in [3.8, 4) is 5.69 Å². The summed E-state index contributed by atoms with van der Waals surface area (Å²) >= 11 is 0. The molecular weight excluding hydrogens is 250 g/mol. The molecule has 0 aliphatic carbocycles. The monoisotopic (exact) mass is 271 g/mol. The van der Waals surface area contributed by atoms with E-state index >= 15 is 0 Å². The maximum atomic E-state index is 11.5. The second-order valence-electron chi connectivity index (χ2n) is 5.83. The lowest BCUT2D eigenvalue weighted by molar-refractivity contribution is -0.115. The highest BCUT2D eigenvalue weighted by atomic mass is 16.1. The first-order valence-corrected chi connectivity index (χ1v) is 6.86. The van der Waals surface area contributed by atoms with Crippen molar-refractivity contribution in [1.29, 1.82) is 0 Å². The molecule has 1 heterocycles. The third-order valence-corrected chi connectivity index (χ3v) is 3.16. The average Bonchev–Trinajstić information content (AvgIpc) is 2.91. The molecule has 106 valence electrons. The minimum atomic E-state index is -0.0335. The zero-order chi connectivity index (χ0) is 14.8. The maximum absolute atomic E-state index is 11.5. The summed E-state index contributed by atoms with van der Waals surface area (Å²) in [5, 5.41) is 7.20. The number of hydrogen-bond acceptors (Lipinski definition) is 2. The molecule has 4 nitrogen and oxygen atoms in total. The summed E-state index contributed by atoms with van der Waals surface area (Å²) in [4.78, 5) is 11.5. The van der Waals surface area contributed by atoms with Gasteiger partial charge in [0.1, 0.15) is 0 Å². The first-order valence-electron chi connectivity index (χ1n) is 6.86. The van der Waals surface area contributed by atoms with Gasteiger partial charge in [0.25, 0.3) is 0 Å². The molecule has 1 aromatic carbocycles. The Bertz CT molecular complexity index is 595. The number of benzene rings is 1. The summed E-state index contributed by atoms with van der Waals surface area (Å²) in [6.45, 7) is 8.31. The predicted molar refractivity (Wildman–Crippen MR) is 81.2 cm³/mol. The number of amides is 1. The molecule has 0 unspecified atom stereocenters. The SMILES string of the molecule is CCC(=O)Nc1ccc(-n2cccn2)c(C(C)(C)C)c1. The number of carbonyl (C=O) groups excluding carboxylic acids is 1. The smallest absolute Gasteiger partial charge is 0.224 e. The normalized spacial score (nSPS) is 11.4. The topological polar surface area (TPSA) is 46.9 Å². The summed E-state index contributed by atoms with van der Waals surface area (Å²) in [5.74, 6) is 0.0247. The van der Waals surface area contributed by atoms with Crippen molar-refractivity contribution in [3.63, 3.8) is 0 Å². The molecule has 4 heteroatoms. The van der Waals surface area contributed by atoms with Crippen LogP contribution in [0.5, 0.6) is 0 Å². The molecule has 1 amide bonds. The van der Waals surface area contributed by atoms with E-state index in [0.29, 0.717) is 6.42 Å². The molecule has 1 N–H and O–H groups in total. The maximum Gasteiger partial charge on any atom is 0.224 e. The van der Waals surface area contributed by atoms with Crippen LogP contribution in [-0.4, -0.2) is 15.7 Å². The van der Waals surface area contributed by atoms with E-state index in [1.54, 1.807) is 6.20 Å². The summed E-state index contributed by atoms with van der Waals surface area (Å²) in [5.41, 5.74) is 2.98. The molecule has 0 spiro atoms. The van der Waals surface area contributed by atoms with Gasteiger partial charge < -0.3 is 5.32 Å². The van der Waals surface area contributed by atoms with Gasteiger partial charge in [0.05, 0.1) is 5.69 Å². The Morgan fingerprint density at radius 1 is 1.35 bits per heavy atom. The molecule has 2 rings (SSSR count). The Morgan fingerprint density at radius 3 is 2.65 bits per heavy atom. The molecular formula is C16H21N3O. The van der Waals surface area contributed by atoms with Crippen LogP contribution in [0.2, 0.25) is 0 Å². The van der Waals surface area contributed by atoms with Crippen LogP contribution in [0, 0.1) is 0 Å². The van der Waals surface area contributed by atoms with Crippen molar-refractivity contribution >= 4 is 11.6 Å². The summed E-state index contributed by atoms with van der Waals surface area (Å²) in [7, 11) is 0. The minimum Gasteiger partial charge on any atom is -0.326 e. The zero-order valence-corrected chi connectivity index (χ0v) is 12.5. The van der Waals surface area contributed by atoms with Crippen LogP contribution < -0.4 is 5.32 Å². The number of rotatable bonds is 3. The van der Waals surface area contributed by atoms with E-state index in [9.17, 15) is 4.79 Å². The first-order chi connectivity index (χ1) is 9.41. The Labute approximate surface area is 119 Å². The van der Waals surface area contributed by atoms with Crippen LogP contribution in [0.15, 0.2) is 36.7 Å². The quantitative estimate of drug-likeness (QED) is 0.928. The highest BCUT2D eigenvalue weighted by molar-refractivity contribution is 5.90. The van der Waals surface area contributed by atoms with Gasteiger partial charge in [-0.25, -0.2) is 4.68 Å². The third kappa shape index (κ3) is 3.07. The molecule has 1 aromatic heterocycles. The average molecular weight is 271 g/mol. The van der Waals surface area contributed by atoms with Crippen molar-refractivity contribution in [2.75, 3.05) is 5.32 Å². The van der Waals surface area contributed by atoms with Crippen LogP contribution in [0.4, 0.5) is 5.69 Å². The van der Waals surface area contributed by atoms with Crippen LogP contribution in [0.3, 0.4) is 0 Å². The van der Waals surface area contributed by atoms with E-state index in [4.69, 9.17) is 0 Å². The van der Waals surface area contributed by atoms with Gasteiger partial charge in [-0.05, 0) is 35.2 Å². The fraction of sp³-hybridized carbons (Fsp3) is 0.375. The standard InChI is InChI=1S/C16H21N3O/c1-5-15(20)18-12-7-8-14(19-10-6-9-17-19)13(11-12)16(2,3)4/h6-11H,5H2,1-4H3,(H,18,20). The molecule has 0 atom stereocenters. The van der Waals surface area contributed by atoms with Crippen molar-refractivity contribution in [3.05, 3.63) is 42.2 Å². The van der Waals surface area contributed by atoms with Gasteiger partial charge in [-0.3, -0.25) is 4.79 Å². The van der Waals surface area contributed by atoms with Gasteiger partial charge in [-0.15, -0.1) is 0 Å². The minimum absolute atomic E-state index is 0.0247. The van der Waals surface area contributed by atoms with E-state index in [2.05, 4.69) is 31.2 Å². The number of anilines is 1. The summed E-state index contributed by atoms with van der Waals surface area (Å²) in [6.07, 6.45) is 4.17. The molecule has 0 saturated carbocycles. The van der Waals surface area contributed by atoms with E-state index in [1.807, 2.05) is 42.1 Å². The Morgan fingerprint density at radius 2 is 2.10 bits per heavy atom. The number of aromatic nitrogens is 2. The Kier molecular flexibility index (Phi) is 3.93. The molecule has 0 aliphatic heterocycles. The van der Waals surface area contributed by atoms with E-state index in [-0.39, 0.29) is 11.3 Å². The van der Waals surface area contributed by atoms with Crippen LogP contribution in [-0.2, 0) is 10.2 Å². The molecule has 20 heavy (non-hydrogen) atoms. The van der Waals surface area contributed by atoms with E-state index < -0.39 is 0 Å². The fourth-order valence-electron chi connectivity index (χ4n) is 2.07. The number of nitrogens with one attached hydrogen (secondary N) is 1. The van der Waals surface area contributed by atoms with Crippen molar-refractivity contribution in [2.45, 2.75) is 39.5 Å². The van der Waals surface area contributed by atoms with Gasteiger partial charge in [0.15, 0.2) is 0 Å². The first kappa shape index (κ1) is 14.3. The molecule has 0 fully saturated rings. The second kappa shape index (κ2) is 5.49. The Hall–Kier alpha value is -2.10. The summed E-state index contributed by atoms with van der Waals surface area (Å²) in [6, 6.07) is 7.85. The predicted octanol–water partition coefficient (Wildman–Crippen LogP) is 3.52. The van der Waals surface area contributed by atoms with Crippen molar-refractivity contribution < 1.29 is 4.79 Å². The molecule has 0 bridgehead atoms. The highest BCUT2D eigenvalue weighted by Crippen LogP contribution is 2.30. The van der Waals surface area contributed by atoms with Crippen molar-refractivity contribution in [2.24, 2.45) is 0 Å². The van der Waals surface area contributed by atoms with Crippen molar-refractivity contribution in [1.82, 2.24) is 9.78 Å². The molecule has 0 aliphatic rings. The molecule has 0 radical (unpaired) electrons. The van der Waals surface area contributed by atoms with Gasteiger partial charge >= 0.3 is 0 Å². The molecule has 2 aromatic rings. The summed E-state index contributed by atoms with van der Waals surface area (Å²) < 4.78 is 1.85. The van der Waals surface area contributed by atoms with Crippen LogP contribution >= 0.6 is 0 Å². The van der Waals surface area contributed by atoms with Gasteiger partial charge in [-0.2, -0.15) is 5.10 Å². The second-order valence-corrected chi connectivity index (χ2v) is 5.83.